The van der Waals surface area contributed by atoms with Gasteiger partial charge in [-0.3, -0.25) is 9.59 Å². The predicted molar refractivity (Wildman–Crippen MR) is 168 cm³/mol. The van der Waals surface area contributed by atoms with E-state index < -0.39 is 0 Å². The van der Waals surface area contributed by atoms with E-state index in [0.29, 0.717) is 12.5 Å². The third-order valence-electron chi connectivity index (χ3n) is 8.52. The second-order valence-corrected chi connectivity index (χ2v) is 11.9. The summed E-state index contributed by atoms with van der Waals surface area (Å²) in [6.45, 7) is 4.22. The highest BCUT2D eigenvalue weighted by Gasteiger charge is 2.47. The lowest BCUT2D eigenvalue weighted by Gasteiger charge is -2.38. The number of methoxy groups -OCH3 is 1. The summed E-state index contributed by atoms with van der Waals surface area (Å²) in [7, 11) is 1.63. The third-order valence-corrected chi connectivity index (χ3v) is 9.04. The number of ether oxygens (including phenoxy) is 1. The maximum atomic E-state index is 13.5. The van der Waals surface area contributed by atoms with Gasteiger partial charge in [0.25, 0.3) is 0 Å². The molecule has 8 heteroatoms. The minimum atomic E-state index is -0.215. The number of hydrogen-bond donors (Lipinski definition) is 1. The van der Waals surface area contributed by atoms with Crippen molar-refractivity contribution in [3.63, 3.8) is 0 Å². The Labute approximate surface area is 258 Å². The molecule has 0 saturated carbocycles. The molecule has 1 atom stereocenters. The topological polar surface area (TPSA) is 61.9 Å². The van der Waals surface area contributed by atoms with Gasteiger partial charge in [-0.05, 0) is 68.1 Å². The summed E-state index contributed by atoms with van der Waals surface area (Å²) in [5, 5.41) is 3.28. The van der Waals surface area contributed by atoms with Crippen LogP contribution < -0.4 is 10.1 Å². The Balaban J connectivity index is 0.00000387. The number of likely N-dealkylation sites (tertiary alicyclic amines) is 2. The molecule has 0 radical (unpaired) electrons. The van der Waals surface area contributed by atoms with Crippen LogP contribution >= 0.6 is 28.3 Å². The van der Waals surface area contributed by atoms with Gasteiger partial charge in [-0.1, -0.05) is 76.6 Å². The number of carbonyl (C=O) groups is 2. The van der Waals surface area contributed by atoms with Crippen LogP contribution in [0.15, 0.2) is 83.3 Å². The van der Waals surface area contributed by atoms with Gasteiger partial charge < -0.3 is 19.9 Å². The largest absolute Gasteiger partial charge is 0.496 e. The van der Waals surface area contributed by atoms with Crippen LogP contribution in [0.2, 0.25) is 0 Å². The Hall–Kier alpha value is -2.87. The SMILES string of the molecule is COc1ccccc1CC(=O)NC(CCN1CCC2(CC1)CCN(Cc1ccc(Br)cc1)C2=O)c1ccccc1.Cl. The lowest BCUT2D eigenvalue weighted by atomic mass is 9.77. The molecular weight excluding hydrogens is 602 g/mol. The van der Waals surface area contributed by atoms with Gasteiger partial charge in [0.05, 0.1) is 25.0 Å². The summed E-state index contributed by atoms with van der Waals surface area (Å²) in [5.41, 5.74) is 2.95. The number of carbonyl (C=O) groups excluding carboxylic acids is 2. The molecule has 0 aliphatic carbocycles. The fourth-order valence-corrected chi connectivity index (χ4v) is 6.37. The van der Waals surface area contributed by atoms with E-state index in [4.69, 9.17) is 4.74 Å². The number of nitrogens with zero attached hydrogens (tertiary/aromatic N) is 2. The van der Waals surface area contributed by atoms with Gasteiger partial charge in [0, 0.05) is 29.7 Å². The molecule has 0 aromatic heterocycles. The molecule has 6 nitrogen and oxygen atoms in total. The molecule has 3 aromatic carbocycles. The van der Waals surface area contributed by atoms with Crippen molar-refractivity contribution < 1.29 is 14.3 Å². The Kier molecular flexibility index (Phi) is 10.9. The molecule has 2 fully saturated rings. The highest BCUT2D eigenvalue weighted by Crippen LogP contribution is 2.42. The monoisotopic (exact) mass is 639 g/mol. The Bertz CT molecular complexity index is 1300. The number of halogens is 2. The zero-order chi connectivity index (χ0) is 28.0. The van der Waals surface area contributed by atoms with E-state index >= 15 is 0 Å². The average molecular weight is 641 g/mol. The molecule has 1 spiro atoms. The van der Waals surface area contributed by atoms with Crippen LogP contribution in [0.4, 0.5) is 0 Å². The maximum absolute atomic E-state index is 13.5. The van der Waals surface area contributed by atoms with Crippen molar-refractivity contribution in [2.75, 3.05) is 33.3 Å². The number of hydrogen-bond acceptors (Lipinski definition) is 4. The zero-order valence-corrected chi connectivity index (χ0v) is 26.0. The summed E-state index contributed by atoms with van der Waals surface area (Å²) in [6, 6.07) is 26.0. The van der Waals surface area contributed by atoms with E-state index in [1.54, 1.807) is 7.11 Å². The van der Waals surface area contributed by atoms with Crippen molar-refractivity contribution in [2.24, 2.45) is 5.41 Å². The molecule has 41 heavy (non-hydrogen) atoms. The van der Waals surface area contributed by atoms with Crippen LogP contribution in [0.1, 0.15) is 48.4 Å². The van der Waals surface area contributed by atoms with Gasteiger partial charge in [0.2, 0.25) is 11.8 Å². The van der Waals surface area contributed by atoms with Crippen molar-refractivity contribution in [1.29, 1.82) is 0 Å². The minimum absolute atomic E-state index is 0. The first-order chi connectivity index (χ1) is 19.5. The lowest BCUT2D eigenvalue weighted by molar-refractivity contribution is -0.139. The number of nitrogens with one attached hydrogen (secondary N) is 1. The minimum Gasteiger partial charge on any atom is -0.496 e. The van der Waals surface area contributed by atoms with Gasteiger partial charge in [0.1, 0.15) is 5.75 Å². The molecule has 3 aromatic rings. The van der Waals surface area contributed by atoms with Crippen LogP contribution in [-0.4, -0.2) is 54.9 Å². The number of benzene rings is 3. The normalized spacial score (nSPS) is 17.2. The van der Waals surface area contributed by atoms with Gasteiger partial charge in [-0.25, -0.2) is 0 Å². The predicted octanol–water partition coefficient (Wildman–Crippen LogP) is 6.18. The summed E-state index contributed by atoms with van der Waals surface area (Å²) in [4.78, 5) is 31.0. The number of amides is 2. The molecule has 2 saturated heterocycles. The molecule has 1 unspecified atom stereocenters. The van der Waals surface area contributed by atoms with Crippen LogP contribution in [0, 0.1) is 5.41 Å². The standard InChI is InChI=1S/C33H38BrN3O3.ClH/c1-40-30-10-6-5-9-27(30)23-31(38)35-29(26-7-3-2-4-8-26)15-19-36-20-16-33(17-21-36)18-22-37(32(33)39)24-25-11-13-28(34)14-12-25;/h2-14,29H,15-24H2,1H3,(H,35,38);1H. The summed E-state index contributed by atoms with van der Waals surface area (Å²) in [6.07, 6.45) is 3.84. The Morgan fingerprint density at radius 1 is 0.951 bits per heavy atom. The van der Waals surface area contributed by atoms with E-state index in [9.17, 15) is 9.59 Å². The second-order valence-electron chi connectivity index (χ2n) is 11.0. The van der Waals surface area contributed by atoms with E-state index in [-0.39, 0.29) is 36.2 Å². The maximum Gasteiger partial charge on any atom is 0.229 e. The van der Waals surface area contributed by atoms with E-state index in [1.807, 2.05) is 59.5 Å². The van der Waals surface area contributed by atoms with Gasteiger partial charge in [0.15, 0.2) is 0 Å². The first-order valence-corrected chi connectivity index (χ1v) is 15.0. The van der Waals surface area contributed by atoms with Crippen molar-refractivity contribution in [1.82, 2.24) is 15.1 Å². The Morgan fingerprint density at radius 2 is 1.61 bits per heavy atom. The third kappa shape index (κ3) is 7.70. The van der Waals surface area contributed by atoms with Gasteiger partial charge >= 0.3 is 0 Å². The molecule has 5 rings (SSSR count). The van der Waals surface area contributed by atoms with E-state index in [0.717, 1.165) is 73.2 Å². The number of para-hydroxylation sites is 1. The first-order valence-electron chi connectivity index (χ1n) is 14.2. The summed E-state index contributed by atoms with van der Waals surface area (Å²) >= 11 is 3.49. The average Bonchev–Trinajstić information content (AvgIpc) is 3.27. The number of rotatable bonds is 10. The molecule has 2 amide bonds. The molecule has 2 aliphatic heterocycles. The smallest absolute Gasteiger partial charge is 0.229 e. The first kappa shape index (κ1) is 31.1. The van der Waals surface area contributed by atoms with Crippen LogP contribution in [-0.2, 0) is 22.6 Å². The van der Waals surface area contributed by atoms with Crippen molar-refractivity contribution in [2.45, 2.75) is 44.7 Å². The van der Waals surface area contributed by atoms with E-state index in [2.05, 4.69) is 50.4 Å². The summed E-state index contributed by atoms with van der Waals surface area (Å²) < 4.78 is 6.49. The van der Waals surface area contributed by atoms with Crippen molar-refractivity contribution in [3.8, 4) is 5.75 Å². The second kappa shape index (κ2) is 14.3. The highest BCUT2D eigenvalue weighted by molar-refractivity contribution is 9.10. The molecule has 2 heterocycles. The fraction of sp³-hybridized carbons (Fsp3) is 0.394. The summed E-state index contributed by atoms with van der Waals surface area (Å²) in [5.74, 6) is 1.03. The highest BCUT2D eigenvalue weighted by atomic mass is 79.9. The van der Waals surface area contributed by atoms with Crippen molar-refractivity contribution in [3.05, 3.63) is 100 Å². The van der Waals surface area contributed by atoms with Gasteiger partial charge in [-0.2, -0.15) is 0 Å². The molecular formula is C33H39BrClN3O3. The molecule has 0 bridgehead atoms. The van der Waals surface area contributed by atoms with Crippen LogP contribution in [0.3, 0.4) is 0 Å². The lowest BCUT2D eigenvalue weighted by Crippen LogP contribution is -2.45. The van der Waals surface area contributed by atoms with E-state index in [1.165, 1.54) is 5.56 Å². The fourth-order valence-electron chi connectivity index (χ4n) is 6.11. The van der Waals surface area contributed by atoms with Crippen molar-refractivity contribution >= 4 is 40.2 Å². The molecule has 1 N–H and O–H groups in total. The van der Waals surface area contributed by atoms with Gasteiger partial charge in [-0.15, -0.1) is 12.4 Å². The quantitative estimate of drug-likeness (QED) is 0.287. The van der Waals surface area contributed by atoms with Crippen LogP contribution in [0.25, 0.3) is 0 Å². The Morgan fingerprint density at radius 3 is 2.32 bits per heavy atom. The molecule has 2 aliphatic rings. The van der Waals surface area contributed by atoms with Crippen LogP contribution in [0.5, 0.6) is 5.75 Å². The number of piperidine rings is 1. The molecule has 218 valence electrons. The zero-order valence-electron chi connectivity index (χ0n) is 23.6.